The average molecular weight is 296 g/mol. The molecular formula is C14H17FN2O4. The lowest BCUT2D eigenvalue weighted by molar-refractivity contribution is -0.142. The number of nitrogens with zero attached hydrogens (tertiary/aromatic N) is 1. The Balaban J connectivity index is 1.86. The van der Waals surface area contributed by atoms with E-state index < -0.39 is 29.8 Å². The van der Waals surface area contributed by atoms with Crippen LogP contribution in [0.4, 0.5) is 10.1 Å². The highest BCUT2D eigenvalue weighted by Crippen LogP contribution is 2.18. The molecule has 0 aliphatic carbocycles. The largest absolute Gasteiger partial charge is 0.480 e. The molecule has 1 aliphatic rings. The molecule has 0 spiro atoms. The number of hydrogen-bond acceptors (Lipinski definition) is 4. The Morgan fingerprint density at radius 3 is 2.76 bits per heavy atom. The molecule has 0 radical (unpaired) electrons. The number of carboxylic acids is 1. The van der Waals surface area contributed by atoms with Crippen LogP contribution in [0.2, 0.25) is 0 Å². The fourth-order valence-electron chi connectivity index (χ4n) is 2.40. The van der Waals surface area contributed by atoms with Crippen molar-refractivity contribution >= 4 is 17.6 Å². The Labute approximate surface area is 121 Å². The van der Waals surface area contributed by atoms with Gasteiger partial charge in [0.15, 0.2) is 0 Å². The molecule has 0 aromatic heterocycles. The molecule has 6 nitrogen and oxygen atoms in total. The van der Waals surface area contributed by atoms with Crippen LogP contribution < -0.4 is 5.32 Å². The van der Waals surface area contributed by atoms with E-state index in [0.717, 1.165) is 0 Å². The molecule has 114 valence electrons. The molecule has 1 heterocycles. The summed E-state index contributed by atoms with van der Waals surface area (Å²) in [5.74, 6) is -1.93. The molecule has 2 rings (SSSR count). The Morgan fingerprint density at radius 2 is 2.10 bits per heavy atom. The number of aliphatic hydroxyl groups excluding tert-OH is 1. The summed E-state index contributed by atoms with van der Waals surface area (Å²) in [5.41, 5.74) is 0.0961. The number of carbonyl (C=O) groups is 2. The van der Waals surface area contributed by atoms with Crippen molar-refractivity contribution in [3.05, 3.63) is 30.1 Å². The molecule has 21 heavy (non-hydrogen) atoms. The number of nitrogens with one attached hydrogen (secondary N) is 1. The van der Waals surface area contributed by atoms with Crippen molar-refractivity contribution in [1.29, 1.82) is 0 Å². The predicted molar refractivity (Wildman–Crippen MR) is 73.3 cm³/mol. The number of amides is 1. The first-order valence-corrected chi connectivity index (χ1v) is 6.66. The minimum atomic E-state index is -1.01. The Hall–Kier alpha value is -1.99. The van der Waals surface area contributed by atoms with E-state index in [0.29, 0.717) is 0 Å². The molecule has 1 aromatic rings. The summed E-state index contributed by atoms with van der Waals surface area (Å²) in [6.45, 7) is 0.429. The Kier molecular flexibility index (Phi) is 4.87. The second-order valence-electron chi connectivity index (χ2n) is 5.02. The van der Waals surface area contributed by atoms with Gasteiger partial charge in [-0.15, -0.1) is 0 Å². The van der Waals surface area contributed by atoms with Gasteiger partial charge in [-0.3, -0.25) is 14.5 Å². The lowest BCUT2D eigenvalue weighted by Gasteiger charge is -2.20. The number of benzene rings is 1. The van der Waals surface area contributed by atoms with Gasteiger partial charge in [0.25, 0.3) is 0 Å². The van der Waals surface area contributed by atoms with E-state index in [9.17, 15) is 19.1 Å². The van der Waals surface area contributed by atoms with Crippen LogP contribution in [0, 0.1) is 5.82 Å². The van der Waals surface area contributed by atoms with E-state index in [1.807, 2.05) is 0 Å². The summed E-state index contributed by atoms with van der Waals surface area (Å²) in [5, 5.41) is 21.0. The zero-order valence-electron chi connectivity index (χ0n) is 11.3. The van der Waals surface area contributed by atoms with Gasteiger partial charge in [0.05, 0.1) is 11.8 Å². The first-order valence-electron chi connectivity index (χ1n) is 6.66. The first-order chi connectivity index (χ1) is 9.97. The number of hydrogen-bond donors (Lipinski definition) is 3. The number of carbonyl (C=O) groups excluding carboxylic acids is 1. The first kappa shape index (κ1) is 15.4. The number of β-amino-alcohol motifs (C(OH)–C–C–N with tert-alkyl or cyclic N) is 1. The number of halogens is 1. The lowest BCUT2D eigenvalue weighted by Crippen LogP contribution is -2.37. The van der Waals surface area contributed by atoms with Crippen LogP contribution in [-0.2, 0) is 9.59 Å². The van der Waals surface area contributed by atoms with Gasteiger partial charge in [0, 0.05) is 25.9 Å². The van der Waals surface area contributed by atoms with Crippen molar-refractivity contribution in [2.75, 3.05) is 18.4 Å². The molecule has 1 saturated heterocycles. The predicted octanol–water partition coefficient (Wildman–Crippen LogP) is 0.674. The van der Waals surface area contributed by atoms with E-state index >= 15 is 0 Å². The normalized spacial score (nSPS) is 22.2. The third-order valence-electron chi connectivity index (χ3n) is 3.44. The summed E-state index contributed by atoms with van der Waals surface area (Å²) in [4.78, 5) is 24.3. The zero-order chi connectivity index (χ0) is 15.4. The number of carboxylic acid groups (broad SMARTS) is 1. The van der Waals surface area contributed by atoms with Crippen LogP contribution in [-0.4, -0.2) is 52.2 Å². The number of aliphatic carboxylic acids is 1. The molecule has 1 amide bonds. The molecule has 1 aliphatic heterocycles. The Morgan fingerprint density at radius 1 is 1.38 bits per heavy atom. The van der Waals surface area contributed by atoms with Crippen molar-refractivity contribution in [3.8, 4) is 0 Å². The molecular weight excluding hydrogens is 279 g/mol. The summed E-state index contributed by atoms with van der Waals surface area (Å²) in [6.07, 6.45) is -0.504. The number of aliphatic hydroxyl groups is 1. The molecule has 1 aromatic carbocycles. The van der Waals surface area contributed by atoms with Crippen molar-refractivity contribution in [2.45, 2.75) is 25.0 Å². The van der Waals surface area contributed by atoms with Gasteiger partial charge in [0.2, 0.25) is 5.91 Å². The van der Waals surface area contributed by atoms with Gasteiger partial charge in [-0.1, -0.05) is 12.1 Å². The van der Waals surface area contributed by atoms with Gasteiger partial charge >= 0.3 is 5.97 Å². The SMILES string of the molecule is O=C(CCN1CC(O)CC1C(=O)O)Nc1ccccc1F. The molecule has 2 atom stereocenters. The number of likely N-dealkylation sites (tertiary alicyclic amines) is 1. The lowest BCUT2D eigenvalue weighted by atomic mass is 10.2. The third kappa shape index (κ3) is 3.99. The van der Waals surface area contributed by atoms with E-state index in [-0.39, 0.29) is 31.6 Å². The maximum atomic E-state index is 13.4. The topological polar surface area (TPSA) is 89.9 Å². The second kappa shape index (κ2) is 6.64. The van der Waals surface area contributed by atoms with E-state index in [4.69, 9.17) is 5.11 Å². The minimum Gasteiger partial charge on any atom is -0.480 e. The van der Waals surface area contributed by atoms with Crippen molar-refractivity contribution < 1.29 is 24.2 Å². The highest BCUT2D eigenvalue weighted by molar-refractivity contribution is 5.91. The van der Waals surface area contributed by atoms with Crippen LogP contribution in [0.25, 0.3) is 0 Å². The van der Waals surface area contributed by atoms with Gasteiger partial charge in [0.1, 0.15) is 11.9 Å². The van der Waals surface area contributed by atoms with Crippen LogP contribution in [0.3, 0.4) is 0 Å². The summed E-state index contributed by atoms with van der Waals surface area (Å²) in [6, 6.07) is 5.05. The number of rotatable bonds is 5. The van der Waals surface area contributed by atoms with Crippen LogP contribution in [0.5, 0.6) is 0 Å². The van der Waals surface area contributed by atoms with Gasteiger partial charge in [-0.25, -0.2) is 4.39 Å². The summed E-state index contributed by atoms with van der Waals surface area (Å²) >= 11 is 0. The molecule has 7 heteroatoms. The average Bonchev–Trinajstić information content (AvgIpc) is 2.80. The fourth-order valence-corrected chi connectivity index (χ4v) is 2.40. The van der Waals surface area contributed by atoms with Crippen molar-refractivity contribution in [1.82, 2.24) is 4.90 Å². The maximum Gasteiger partial charge on any atom is 0.321 e. The molecule has 3 N–H and O–H groups in total. The fraction of sp³-hybridized carbons (Fsp3) is 0.429. The Bertz CT molecular complexity index is 537. The molecule has 0 saturated carbocycles. The van der Waals surface area contributed by atoms with Crippen LogP contribution >= 0.6 is 0 Å². The van der Waals surface area contributed by atoms with Gasteiger partial charge in [-0.05, 0) is 12.1 Å². The number of para-hydroxylation sites is 1. The molecule has 1 fully saturated rings. The van der Waals surface area contributed by atoms with Crippen molar-refractivity contribution in [3.63, 3.8) is 0 Å². The maximum absolute atomic E-state index is 13.4. The standard InChI is InChI=1S/C14H17FN2O4/c15-10-3-1-2-4-11(10)16-13(19)5-6-17-8-9(18)7-12(17)14(20)21/h1-4,9,12,18H,5-8H2,(H,16,19)(H,20,21). The molecule has 2 unspecified atom stereocenters. The third-order valence-corrected chi connectivity index (χ3v) is 3.44. The zero-order valence-corrected chi connectivity index (χ0v) is 11.3. The van der Waals surface area contributed by atoms with Crippen LogP contribution in [0.15, 0.2) is 24.3 Å². The van der Waals surface area contributed by atoms with Crippen LogP contribution in [0.1, 0.15) is 12.8 Å². The second-order valence-corrected chi connectivity index (χ2v) is 5.02. The monoisotopic (exact) mass is 296 g/mol. The van der Waals surface area contributed by atoms with Gasteiger partial charge < -0.3 is 15.5 Å². The number of anilines is 1. The summed E-state index contributed by atoms with van der Waals surface area (Å²) < 4.78 is 13.4. The highest BCUT2D eigenvalue weighted by atomic mass is 19.1. The van der Waals surface area contributed by atoms with E-state index in [1.54, 1.807) is 11.0 Å². The van der Waals surface area contributed by atoms with E-state index in [1.165, 1.54) is 18.2 Å². The van der Waals surface area contributed by atoms with Crippen molar-refractivity contribution in [2.24, 2.45) is 0 Å². The smallest absolute Gasteiger partial charge is 0.321 e. The molecule has 0 bridgehead atoms. The van der Waals surface area contributed by atoms with E-state index in [2.05, 4.69) is 5.32 Å². The van der Waals surface area contributed by atoms with Gasteiger partial charge in [-0.2, -0.15) is 0 Å². The quantitative estimate of drug-likeness (QED) is 0.743. The minimum absolute atomic E-state index is 0.0326. The summed E-state index contributed by atoms with van der Waals surface area (Å²) in [7, 11) is 0. The highest BCUT2D eigenvalue weighted by Gasteiger charge is 2.35.